The van der Waals surface area contributed by atoms with E-state index in [-0.39, 0.29) is 0 Å². The normalized spacial score (nSPS) is 9.77. The molecule has 0 aliphatic heterocycles. The standard InChI is InChI=1S/C8H5F2NOS/c9-8(10)13-7-3-1-2-6(4-7)11-5-12/h1-4,8H. The van der Waals surface area contributed by atoms with Gasteiger partial charge in [0.05, 0.1) is 5.69 Å². The zero-order chi connectivity index (χ0) is 9.68. The van der Waals surface area contributed by atoms with E-state index in [0.29, 0.717) is 22.3 Å². The zero-order valence-electron chi connectivity index (χ0n) is 6.41. The Morgan fingerprint density at radius 2 is 2.23 bits per heavy atom. The highest BCUT2D eigenvalue weighted by molar-refractivity contribution is 7.99. The van der Waals surface area contributed by atoms with E-state index in [4.69, 9.17) is 0 Å². The van der Waals surface area contributed by atoms with Crippen LogP contribution in [0.2, 0.25) is 0 Å². The molecule has 0 saturated heterocycles. The molecule has 0 N–H and O–H groups in total. The Hall–Kier alpha value is -1.19. The van der Waals surface area contributed by atoms with Gasteiger partial charge in [-0.25, -0.2) is 4.79 Å². The Morgan fingerprint density at radius 1 is 1.46 bits per heavy atom. The van der Waals surface area contributed by atoms with Crippen molar-refractivity contribution in [1.82, 2.24) is 0 Å². The molecule has 1 aromatic carbocycles. The lowest BCUT2D eigenvalue weighted by Gasteiger charge is -1.99. The first-order valence-electron chi connectivity index (χ1n) is 3.35. The number of thioether (sulfide) groups is 1. The number of alkyl halides is 2. The van der Waals surface area contributed by atoms with Crippen molar-refractivity contribution in [2.75, 3.05) is 0 Å². The fraction of sp³-hybridized carbons (Fsp3) is 0.125. The number of halogens is 2. The molecule has 0 aromatic heterocycles. The van der Waals surface area contributed by atoms with Crippen LogP contribution in [0.15, 0.2) is 34.2 Å². The summed E-state index contributed by atoms with van der Waals surface area (Å²) in [4.78, 5) is 13.6. The Labute approximate surface area is 77.7 Å². The summed E-state index contributed by atoms with van der Waals surface area (Å²) < 4.78 is 23.8. The van der Waals surface area contributed by atoms with Crippen LogP contribution >= 0.6 is 11.8 Å². The molecule has 0 spiro atoms. The smallest absolute Gasteiger partial charge is 0.211 e. The maximum atomic E-state index is 11.9. The molecule has 0 aliphatic rings. The van der Waals surface area contributed by atoms with Crippen molar-refractivity contribution < 1.29 is 13.6 Å². The number of hydrogen-bond donors (Lipinski definition) is 0. The highest BCUT2D eigenvalue weighted by atomic mass is 32.2. The number of nitrogens with zero attached hydrogens (tertiary/aromatic N) is 1. The largest absolute Gasteiger partial charge is 0.288 e. The number of rotatable bonds is 3. The first-order chi connectivity index (χ1) is 6.22. The number of hydrogen-bond acceptors (Lipinski definition) is 3. The Kier molecular flexibility index (Phi) is 3.61. The molecule has 0 bridgehead atoms. The van der Waals surface area contributed by atoms with E-state index < -0.39 is 5.76 Å². The van der Waals surface area contributed by atoms with Crippen molar-refractivity contribution in [3.63, 3.8) is 0 Å². The second-order valence-corrected chi connectivity index (χ2v) is 3.14. The molecule has 0 aliphatic carbocycles. The molecule has 0 unspecified atom stereocenters. The van der Waals surface area contributed by atoms with Crippen LogP contribution < -0.4 is 0 Å². The monoisotopic (exact) mass is 201 g/mol. The van der Waals surface area contributed by atoms with Gasteiger partial charge in [0.15, 0.2) is 0 Å². The predicted octanol–water partition coefficient (Wildman–Crippen LogP) is 2.97. The van der Waals surface area contributed by atoms with Gasteiger partial charge in [-0.15, -0.1) is 0 Å². The van der Waals surface area contributed by atoms with E-state index in [1.54, 1.807) is 12.1 Å². The summed E-state index contributed by atoms with van der Waals surface area (Å²) in [6, 6.07) is 6.03. The maximum Gasteiger partial charge on any atom is 0.288 e. The summed E-state index contributed by atoms with van der Waals surface area (Å²) >= 11 is 0.415. The van der Waals surface area contributed by atoms with Gasteiger partial charge in [-0.2, -0.15) is 13.8 Å². The van der Waals surface area contributed by atoms with Gasteiger partial charge < -0.3 is 0 Å². The summed E-state index contributed by atoms with van der Waals surface area (Å²) in [5.74, 6) is -2.46. The number of benzene rings is 1. The first-order valence-corrected chi connectivity index (χ1v) is 4.23. The van der Waals surface area contributed by atoms with E-state index in [2.05, 4.69) is 4.99 Å². The lowest BCUT2D eigenvalue weighted by molar-refractivity contribution is 0.252. The minimum Gasteiger partial charge on any atom is -0.211 e. The molecule has 5 heteroatoms. The highest BCUT2D eigenvalue weighted by Crippen LogP contribution is 2.27. The van der Waals surface area contributed by atoms with Crippen LogP contribution in [0.25, 0.3) is 0 Å². The molecule has 0 heterocycles. The van der Waals surface area contributed by atoms with E-state index in [9.17, 15) is 13.6 Å². The topological polar surface area (TPSA) is 29.4 Å². The second-order valence-electron chi connectivity index (χ2n) is 2.08. The third kappa shape index (κ3) is 3.36. The van der Waals surface area contributed by atoms with E-state index in [1.165, 1.54) is 18.2 Å². The molecule has 68 valence electrons. The summed E-state index contributed by atoms with van der Waals surface area (Å²) in [6.07, 6.45) is 1.34. The Bertz CT molecular complexity index is 337. The molecule has 0 amide bonds. The third-order valence-corrected chi connectivity index (χ3v) is 1.92. The third-order valence-electron chi connectivity index (χ3n) is 1.22. The first kappa shape index (κ1) is 9.89. The Balaban J connectivity index is 2.85. The van der Waals surface area contributed by atoms with Gasteiger partial charge in [0.2, 0.25) is 6.08 Å². The SMILES string of the molecule is O=C=Nc1cccc(SC(F)F)c1. The summed E-state index contributed by atoms with van der Waals surface area (Å²) in [5.41, 5.74) is 0.334. The van der Waals surface area contributed by atoms with Gasteiger partial charge in [0.25, 0.3) is 5.76 Å². The average Bonchev–Trinajstić information content (AvgIpc) is 2.04. The molecule has 1 aromatic rings. The van der Waals surface area contributed by atoms with E-state index in [1.807, 2.05) is 0 Å². The summed E-state index contributed by atoms with van der Waals surface area (Å²) in [7, 11) is 0. The molecule has 0 fully saturated rings. The number of carbonyl (C=O) groups excluding carboxylic acids is 1. The quantitative estimate of drug-likeness (QED) is 0.427. The van der Waals surface area contributed by atoms with Gasteiger partial charge in [0, 0.05) is 4.90 Å². The molecule has 1 rings (SSSR count). The minimum absolute atomic E-state index is 0.334. The molecule has 0 atom stereocenters. The maximum absolute atomic E-state index is 11.9. The van der Waals surface area contributed by atoms with Crippen molar-refractivity contribution >= 4 is 23.5 Å². The fourth-order valence-electron chi connectivity index (χ4n) is 0.782. The minimum atomic E-state index is -2.46. The van der Waals surface area contributed by atoms with Crippen LogP contribution in [0.1, 0.15) is 0 Å². The van der Waals surface area contributed by atoms with Gasteiger partial charge >= 0.3 is 0 Å². The number of aliphatic imine (C=N–C) groups is 1. The fourth-order valence-corrected chi connectivity index (χ4v) is 1.33. The van der Waals surface area contributed by atoms with Crippen molar-refractivity contribution in [1.29, 1.82) is 0 Å². The van der Waals surface area contributed by atoms with Gasteiger partial charge in [0.1, 0.15) is 0 Å². The summed E-state index contributed by atoms with van der Waals surface area (Å²) in [5, 5.41) is 0. The van der Waals surface area contributed by atoms with Crippen LogP contribution in [0, 0.1) is 0 Å². The van der Waals surface area contributed by atoms with Crippen molar-refractivity contribution in [2.45, 2.75) is 10.7 Å². The second kappa shape index (κ2) is 4.74. The lowest BCUT2D eigenvalue weighted by Crippen LogP contribution is -1.80. The van der Waals surface area contributed by atoms with Gasteiger partial charge in [-0.3, -0.25) is 0 Å². The van der Waals surface area contributed by atoms with Crippen molar-refractivity contribution in [2.24, 2.45) is 4.99 Å². The van der Waals surface area contributed by atoms with Crippen LogP contribution in [-0.4, -0.2) is 11.8 Å². The lowest BCUT2D eigenvalue weighted by atomic mass is 10.3. The summed E-state index contributed by atoms with van der Waals surface area (Å²) in [6.45, 7) is 0. The molecule has 13 heavy (non-hydrogen) atoms. The van der Waals surface area contributed by atoms with Gasteiger partial charge in [-0.05, 0) is 18.2 Å². The molecule has 0 saturated carbocycles. The number of isocyanates is 1. The van der Waals surface area contributed by atoms with Crippen molar-refractivity contribution in [3.8, 4) is 0 Å². The van der Waals surface area contributed by atoms with Gasteiger partial charge in [-0.1, -0.05) is 17.8 Å². The molecular weight excluding hydrogens is 196 g/mol. The molecular formula is C8H5F2NOS. The molecule has 2 nitrogen and oxygen atoms in total. The van der Waals surface area contributed by atoms with Crippen LogP contribution in [-0.2, 0) is 4.79 Å². The molecule has 0 radical (unpaired) electrons. The predicted molar refractivity (Wildman–Crippen MR) is 46.1 cm³/mol. The average molecular weight is 201 g/mol. The van der Waals surface area contributed by atoms with Crippen LogP contribution in [0.5, 0.6) is 0 Å². The van der Waals surface area contributed by atoms with Crippen LogP contribution in [0.4, 0.5) is 14.5 Å². The van der Waals surface area contributed by atoms with E-state index in [0.717, 1.165) is 0 Å². The highest BCUT2D eigenvalue weighted by Gasteiger charge is 2.04. The van der Waals surface area contributed by atoms with E-state index >= 15 is 0 Å². The van der Waals surface area contributed by atoms with Crippen LogP contribution in [0.3, 0.4) is 0 Å². The van der Waals surface area contributed by atoms with Crippen molar-refractivity contribution in [3.05, 3.63) is 24.3 Å². The Morgan fingerprint density at radius 3 is 2.85 bits per heavy atom. The zero-order valence-corrected chi connectivity index (χ0v) is 7.22.